The third-order valence-electron chi connectivity index (χ3n) is 4.10. The Hall–Kier alpha value is -2.67. The molecule has 0 unspecified atom stereocenters. The first-order valence-electron chi connectivity index (χ1n) is 8.55. The molecule has 0 fully saturated rings. The Bertz CT molecular complexity index is 786. The van der Waals surface area contributed by atoms with Crippen molar-refractivity contribution in [3.63, 3.8) is 0 Å². The summed E-state index contributed by atoms with van der Waals surface area (Å²) in [6.45, 7) is 1.22. The van der Waals surface area contributed by atoms with E-state index in [2.05, 4.69) is 15.6 Å². The molecule has 1 amide bonds. The lowest BCUT2D eigenvalue weighted by Gasteiger charge is -2.22. The molecule has 2 rings (SSSR count). The minimum absolute atomic E-state index is 0.109. The van der Waals surface area contributed by atoms with Gasteiger partial charge in [0.15, 0.2) is 5.96 Å². The zero-order chi connectivity index (χ0) is 19.8. The summed E-state index contributed by atoms with van der Waals surface area (Å²) in [5, 5.41) is 6.65. The second kappa shape index (κ2) is 9.87. The Morgan fingerprint density at radius 2 is 2.00 bits per heavy atom. The number of amides is 1. The highest BCUT2D eigenvalue weighted by Gasteiger charge is 2.11. The maximum absolute atomic E-state index is 12.1. The van der Waals surface area contributed by atoms with Crippen LogP contribution in [0.5, 0.6) is 5.75 Å². The van der Waals surface area contributed by atoms with Gasteiger partial charge in [-0.3, -0.25) is 9.79 Å². The lowest BCUT2D eigenvalue weighted by atomic mass is 10.2. The van der Waals surface area contributed by atoms with Crippen LogP contribution in [0, 0.1) is 0 Å². The molecule has 0 radical (unpaired) electrons. The van der Waals surface area contributed by atoms with Crippen molar-refractivity contribution in [3.8, 4) is 5.75 Å². The van der Waals surface area contributed by atoms with Crippen LogP contribution in [-0.4, -0.2) is 49.1 Å². The summed E-state index contributed by atoms with van der Waals surface area (Å²) in [5.41, 5.74) is 2.06. The van der Waals surface area contributed by atoms with Crippen molar-refractivity contribution in [3.05, 3.63) is 52.8 Å². The molecule has 0 saturated heterocycles. The topological polar surface area (TPSA) is 70.9 Å². The van der Waals surface area contributed by atoms with Crippen molar-refractivity contribution in [1.29, 1.82) is 0 Å². The number of nitrogens with one attached hydrogen (secondary N) is 2. The van der Waals surface area contributed by atoms with E-state index in [1.54, 1.807) is 14.2 Å². The number of benzene rings is 1. The molecule has 0 spiro atoms. The molecular weight excluding hydrogens is 366 g/mol. The van der Waals surface area contributed by atoms with Crippen LogP contribution in [0.2, 0.25) is 5.02 Å². The number of ether oxygens (including phenoxy) is 1. The molecule has 0 saturated carbocycles. The number of aryl methyl sites for hydroxylation is 1. The quantitative estimate of drug-likeness (QED) is 0.559. The van der Waals surface area contributed by atoms with Gasteiger partial charge in [0.2, 0.25) is 5.91 Å². The number of carbonyl (C=O) groups excluding carboxylic acids is 1. The largest absolute Gasteiger partial charge is 0.497 e. The molecule has 0 aliphatic rings. The number of rotatable bonds is 7. The average Bonchev–Trinajstić information content (AvgIpc) is 2.97. The summed E-state index contributed by atoms with van der Waals surface area (Å²) in [7, 11) is 7.16. The number of hydrogen-bond acceptors (Lipinski definition) is 3. The maximum atomic E-state index is 12.1. The fourth-order valence-electron chi connectivity index (χ4n) is 2.59. The van der Waals surface area contributed by atoms with Crippen LogP contribution in [0.4, 0.5) is 0 Å². The van der Waals surface area contributed by atoms with E-state index in [0.717, 1.165) is 17.0 Å². The molecule has 27 heavy (non-hydrogen) atoms. The average molecular weight is 392 g/mol. The van der Waals surface area contributed by atoms with Crippen molar-refractivity contribution < 1.29 is 9.53 Å². The predicted octanol–water partition coefficient (Wildman–Crippen LogP) is 2.01. The van der Waals surface area contributed by atoms with E-state index >= 15 is 0 Å². The van der Waals surface area contributed by atoms with Gasteiger partial charge in [0.25, 0.3) is 0 Å². The lowest BCUT2D eigenvalue weighted by molar-refractivity contribution is -0.120. The van der Waals surface area contributed by atoms with Crippen LogP contribution < -0.4 is 15.4 Å². The molecule has 1 aromatic carbocycles. The van der Waals surface area contributed by atoms with Crippen LogP contribution in [-0.2, 0) is 24.9 Å². The first-order chi connectivity index (χ1) is 12.9. The fraction of sp³-hybridized carbons (Fsp3) is 0.368. The van der Waals surface area contributed by atoms with Crippen LogP contribution in [0.1, 0.15) is 11.3 Å². The van der Waals surface area contributed by atoms with Crippen LogP contribution in [0.15, 0.2) is 41.5 Å². The van der Waals surface area contributed by atoms with Gasteiger partial charge in [-0.25, -0.2) is 0 Å². The molecule has 2 aromatic rings. The number of hydrogen-bond donors (Lipinski definition) is 2. The highest BCUT2D eigenvalue weighted by Crippen LogP contribution is 2.14. The molecule has 0 aliphatic heterocycles. The predicted molar refractivity (Wildman–Crippen MR) is 108 cm³/mol. The Morgan fingerprint density at radius 3 is 2.56 bits per heavy atom. The summed E-state index contributed by atoms with van der Waals surface area (Å²) < 4.78 is 7.09. The van der Waals surface area contributed by atoms with Gasteiger partial charge in [-0.05, 0) is 23.8 Å². The normalized spacial score (nSPS) is 11.2. The monoisotopic (exact) mass is 391 g/mol. The molecule has 0 aliphatic carbocycles. The van der Waals surface area contributed by atoms with Crippen molar-refractivity contribution in [2.75, 3.05) is 27.7 Å². The summed E-state index contributed by atoms with van der Waals surface area (Å²) in [6, 6.07) is 9.49. The molecule has 146 valence electrons. The van der Waals surface area contributed by atoms with E-state index in [4.69, 9.17) is 16.3 Å². The molecular formula is C19H26ClN5O2. The first-order valence-corrected chi connectivity index (χ1v) is 8.93. The Balaban J connectivity index is 1.80. The van der Waals surface area contributed by atoms with Gasteiger partial charge >= 0.3 is 0 Å². The molecule has 7 nitrogen and oxygen atoms in total. The number of carbonyl (C=O) groups is 1. The zero-order valence-corrected chi connectivity index (χ0v) is 16.9. The number of aromatic nitrogens is 1. The number of methoxy groups -OCH3 is 1. The summed E-state index contributed by atoms with van der Waals surface area (Å²) >= 11 is 6.02. The molecule has 1 heterocycles. The van der Waals surface area contributed by atoms with E-state index in [1.807, 2.05) is 60.1 Å². The molecule has 0 bridgehead atoms. The summed E-state index contributed by atoms with van der Waals surface area (Å²) in [5.74, 6) is 1.31. The van der Waals surface area contributed by atoms with Crippen molar-refractivity contribution in [2.24, 2.45) is 12.0 Å². The highest BCUT2D eigenvalue weighted by molar-refractivity contribution is 6.30. The van der Waals surface area contributed by atoms with Crippen LogP contribution in [0.25, 0.3) is 0 Å². The van der Waals surface area contributed by atoms with E-state index in [9.17, 15) is 4.79 Å². The van der Waals surface area contributed by atoms with Crippen molar-refractivity contribution in [1.82, 2.24) is 20.1 Å². The van der Waals surface area contributed by atoms with Crippen LogP contribution >= 0.6 is 11.6 Å². The first kappa shape index (κ1) is 20.6. The van der Waals surface area contributed by atoms with Gasteiger partial charge in [-0.2, -0.15) is 0 Å². The van der Waals surface area contributed by atoms with Gasteiger partial charge in [0.05, 0.1) is 25.2 Å². The highest BCUT2D eigenvalue weighted by atomic mass is 35.5. The van der Waals surface area contributed by atoms with E-state index in [1.165, 1.54) is 0 Å². The molecule has 0 atom stereocenters. The Labute approximate surface area is 165 Å². The van der Waals surface area contributed by atoms with Crippen molar-refractivity contribution in [2.45, 2.75) is 13.1 Å². The second-order valence-corrected chi connectivity index (χ2v) is 6.58. The summed E-state index contributed by atoms with van der Waals surface area (Å²) in [6.07, 6.45) is 1.85. The smallest absolute Gasteiger partial charge is 0.239 e. The van der Waals surface area contributed by atoms with E-state index in [0.29, 0.717) is 24.1 Å². The molecule has 1 aromatic heterocycles. The molecule has 2 N–H and O–H groups in total. The lowest BCUT2D eigenvalue weighted by Crippen LogP contribution is -2.43. The fourth-order valence-corrected chi connectivity index (χ4v) is 2.86. The van der Waals surface area contributed by atoms with Gasteiger partial charge in [0.1, 0.15) is 5.75 Å². The Morgan fingerprint density at radius 1 is 1.30 bits per heavy atom. The van der Waals surface area contributed by atoms with Gasteiger partial charge in [0, 0.05) is 39.6 Å². The minimum atomic E-state index is -0.109. The minimum Gasteiger partial charge on any atom is -0.497 e. The van der Waals surface area contributed by atoms with Crippen molar-refractivity contribution >= 4 is 23.5 Å². The third kappa shape index (κ3) is 6.21. The SMILES string of the molecule is CN=C(NCC(=O)NCc1ccc(OC)cc1)N(C)Cc1cc(Cl)cn1C. The second-order valence-electron chi connectivity index (χ2n) is 6.14. The third-order valence-corrected chi connectivity index (χ3v) is 4.31. The number of aliphatic imine (C=N–C) groups is 1. The summed E-state index contributed by atoms with van der Waals surface area (Å²) in [4.78, 5) is 18.3. The van der Waals surface area contributed by atoms with E-state index < -0.39 is 0 Å². The number of halogens is 1. The number of guanidine groups is 1. The van der Waals surface area contributed by atoms with E-state index in [-0.39, 0.29) is 12.5 Å². The van der Waals surface area contributed by atoms with Gasteiger partial charge in [-0.1, -0.05) is 23.7 Å². The molecule has 8 heteroatoms. The van der Waals surface area contributed by atoms with Gasteiger partial charge < -0.3 is 24.8 Å². The maximum Gasteiger partial charge on any atom is 0.239 e. The standard InChI is InChI=1S/C19H26ClN5O2/c1-21-19(25(3)13-16-9-15(20)12-24(16)2)23-11-18(26)22-10-14-5-7-17(27-4)8-6-14/h5-9,12H,10-11,13H2,1-4H3,(H,21,23)(H,22,26). The Kier molecular flexibility index (Phi) is 7.55. The van der Waals surface area contributed by atoms with Gasteiger partial charge in [-0.15, -0.1) is 0 Å². The zero-order valence-electron chi connectivity index (χ0n) is 16.1. The van der Waals surface area contributed by atoms with Crippen LogP contribution in [0.3, 0.4) is 0 Å². The number of nitrogens with zero attached hydrogens (tertiary/aromatic N) is 3.